The first-order chi connectivity index (χ1) is 8.31. The predicted octanol–water partition coefficient (Wildman–Crippen LogP) is 1.44. The quantitative estimate of drug-likeness (QED) is 0.825. The summed E-state index contributed by atoms with van der Waals surface area (Å²) in [5.41, 5.74) is 2.87. The zero-order valence-corrected chi connectivity index (χ0v) is 10.3. The van der Waals surface area contributed by atoms with Crippen molar-refractivity contribution in [3.8, 4) is 0 Å². The Kier molecular flexibility index (Phi) is 4.15. The molecule has 1 aliphatic carbocycles. The van der Waals surface area contributed by atoms with E-state index in [1.165, 1.54) is 30.4 Å². The molecule has 1 amide bonds. The monoisotopic (exact) mass is 232 g/mol. The number of aryl methyl sites for hydroxylation is 1. The van der Waals surface area contributed by atoms with E-state index in [1.807, 2.05) is 0 Å². The first kappa shape index (κ1) is 12.1. The van der Waals surface area contributed by atoms with Crippen molar-refractivity contribution in [3.63, 3.8) is 0 Å². The average Bonchev–Trinajstić information content (AvgIpc) is 2.36. The smallest absolute Gasteiger partial charge is 0.233 e. The number of rotatable bonds is 4. The molecule has 0 saturated carbocycles. The number of carbonyl (C=O) groups excluding carboxylic acids is 1. The number of likely N-dealkylation sites (N-methyl/N-ethyl adjacent to an activating group) is 1. The Morgan fingerprint density at radius 1 is 1.41 bits per heavy atom. The lowest BCUT2D eigenvalue weighted by molar-refractivity contribution is -0.120. The van der Waals surface area contributed by atoms with Gasteiger partial charge in [-0.05, 0) is 37.4 Å². The molecule has 0 fully saturated rings. The first-order valence-electron chi connectivity index (χ1n) is 6.30. The van der Waals surface area contributed by atoms with Crippen molar-refractivity contribution >= 4 is 5.91 Å². The van der Waals surface area contributed by atoms with Gasteiger partial charge >= 0.3 is 0 Å². The Labute approximate surface area is 103 Å². The largest absolute Gasteiger partial charge is 0.354 e. The molecule has 0 aromatic heterocycles. The third-order valence-electron chi connectivity index (χ3n) is 3.38. The van der Waals surface area contributed by atoms with Crippen LogP contribution in [0, 0.1) is 0 Å². The van der Waals surface area contributed by atoms with E-state index in [-0.39, 0.29) is 5.91 Å². The molecule has 0 spiro atoms. The molecule has 1 unspecified atom stereocenters. The summed E-state index contributed by atoms with van der Waals surface area (Å²) < 4.78 is 0. The van der Waals surface area contributed by atoms with Crippen molar-refractivity contribution in [1.29, 1.82) is 0 Å². The number of hydrogen-bond acceptors (Lipinski definition) is 2. The number of fused-ring (bicyclic) bond motifs is 1. The zero-order valence-electron chi connectivity index (χ0n) is 10.3. The SMILES string of the molecule is CNCC(=O)NCC1CCCc2ccccc21. The summed E-state index contributed by atoms with van der Waals surface area (Å²) in [4.78, 5) is 11.4. The second-order valence-corrected chi connectivity index (χ2v) is 4.62. The van der Waals surface area contributed by atoms with E-state index in [9.17, 15) is 4.79 Å². The highest BCUT2D eigenvalue weighted by Gasteiger charge is 2.19. The van der Waals surface area contributed by atoms with E-state index in [0.717, 1.165) is 6.54 Å². The second-order valence-electron chi connectivity index (χ2n) is 4.62. The van der Waals surface area contributed by atoms with E-state index >= 15 is 0 Å². The lowest BCUT2D eigenvalue weighted by atomic mass is 9.83. The van der Waals surface area contributed by atoms with Crippen molar-refractivity contribution < 1.29 is 4.79 Å². The van der Waals surface area contributed by atoms with Gasteiger partial charge in [0.2, 0.25) is 5.91 Å². The van der Waals surface area contributed by atoms with Gasteiger partial charge in [-0.15, -0.1) is 0 Å². The van der Waals surface area contributed by atoms with Gasteiger partial charge in [0.15, 0.2) is 0 Å². The molecule has 1 aromatic carbocycles. The van der Waals surface area contributed by atoms with Crippen LogP contribution in [0.15, 0.2) is 24.3 Å². The Hall–Kier alpha value is -1.35. The van der Waals surface area contributed by atoms with Crippen LogP contribution in [0.25, 0.3) is 0 Å². The standard InChI is InChI=1S/C14H20N2O/c1-15-10-14(17)16-9-12-7-4-6-11-5-2-3-8-13(11)12/h2-3,5,8,12,15H,4,6-7,9-10H2,1H3,(H,16,17). The van der Waals surface area contributed by atoms with Crippen LogP contribution in [0.3, 0.4) is 0 Å². The van der Waals surface area contributed by atoms with Crippen LogP contribution >= 0.6 is 0 Å². The average molecular weight is 232 g/mol. The summed E-state index contributed by atoms with van der Waals surface area (Å²) in [6.45, 7) is 1.16. The van der Waals surface area contributed by atoms with Gasteiger partial charge < -0.3 is 10.6 Å². The lowest BCUT2D eigenvalue weighted by Gasteiger charge is -2.25. The number of hydrogen-bond donors (Lipinski definition) is 2. The molecule has 1 aromatic rings. The van der Waals surface area contributed by atoms with Gasteiger partial charge in [-0.1, -0.05) is 24.3 Å². The molecule has 1 atom stereocenters. The number of nitrogens with one attached hydrogen (secondary N) is 2. The maximum Gasteiger partial charge on any atom is 0.233 e. The minimum atomic E-state index is 0.0792. The topological polar surface area (TPSA) is 41.1 Å². The van der Waals surface area contributed by atoms with Gasteiger partial charge in [-0.3, -0.25) is 4.79 Å². The molecule has 17 heavy (non-hydrogen) atoms. The predicted molar refractivity (Wildman–Crippen MR) is 69.1 cm³/mol. The Balaban J connectivity index is 1.97. The molecule has 0 saturated heterocycles. The minimum absolute atomic E-state index is 0.0792. The highest BCUT2D eigenvalue weighted by molar-refractivity contribution is 5.78. The maximum absolute atomic E-state index is 11.4. The fourth-order valence-electron chi connectivity index (χ4n) is 2.53. The van der Waals surface area contributed by atoms with Gasteiger partial charge in [0.05, 0.1) is 6.54 Å². The molecule has 0 radical (unpaired) electrons. The molecule has 2 rings (SSSR count). The van der Waals surface area contributed by atoms with Crippen LogP contribution in [-0.2, 0) is 11.2 Å². The Morgan fingerprint density at radius 2 is 2.24 bits per heavy atom. The number of benzene rings is 1. The van der Waals surface area contributed by atoms with Crippen LogP contribution < -0.4 is 10.6 Å². The third-order valence-corrected chi connectivity index (χ3v) is 3.38. The van der Waals surface area contributed by atoms with Gasteiger partial charge in [0, 0.05) is 12.5 Å². The van der Waals surface area contributed by atoms with E-state index < -0.39 is 0 Å². The summed E-state index contributed by atoms with van der Waals surface area (Å²) in [5.74, 6) is 0.566. The summed E-state index contributed by atoms with van der Waals surface area (Å²) >= 11 is 0. The molecule has 2 N–H and O–H groups in total. The molecule has 3 heteroatoms. The van der Waals surface area contributed by atoms with Gasteiger partial charge in [0.25, 0.3) is 0 Å². The van der Waals surface area contributed by atoms with Crippen LogP contribution in [-0.4, -0.2) is 26.0 Å². The van der Waals surface area contributed by atoms with Crippen molar-refractivity contribution in [1.82, 2.24) is 10.6 Å². The van der Waals surface area contributed by atoms with Crippen LogP contribution in [0.5, 0.6) is 0 Å². The maximum atomic E-state index is 11.4. The van der Waals surface area contributed by atoms with Gasteiger partial charge in [0.1, 0.15) is 0 Å². The van der Waals surface area contributed by atoms with Crippen LogP contribution in [0.2, 0.25) is 0 Å². The molecule has 3 nitrogen and oxygen atoms in total. The third kappa shape index (κ3) is 3.07. The normalized spacial score (nSPS) is 18.5. The second kappa shape index (κ2) is 5.82. The fourth-order valence-corrected chi connectivity index (χ4v) is 2.53. The van der Waals surface area contributed by atoms with Crippen molar-refractivity contribution in [2.45, 2.75) is 25.2 Å². The van der Waals surface area contributed by atoms with Crippen molar-refractivity contribution in [2.75, 3.05) is 20.1 Å². The molecule has 0 aliphatic heterocycles. The van der Waals surface area contributed by atoms with E-state index in [4.69, 9.17) is 0 Å². The minimum Gasteiger partial charge on any atom is -0.354 e. The molecular weight excluding hydrogens is 212 g/mol. The summed E-state index contributed by atoms with van der Waals surface area (Å²) in [5, 5.41) is 5.86. The molecular formula is C14H20N2O. The van der Waals surface area contributed by atoms with Gasteiger partial charge in [-0.25, -0.2) is 0 Å². The zero-order chi connectivity index (χ0) is 12.1. The van der Waals surface area contributed by atoms with Gasteiger partial charge in [-0.2, -0.15) is 0 Å². The summed E-state index contributed by atoms with van der Waals surface area (Å²) in [7, 11) is 1.79. The molecule has 1 aliphatic rings. The lowest BCUT2D eigenvalue weighted by Crippen LogP contribution is -2.35. The van der Waals surface area contributed by atoms with Crippen molar-refractivity contribution in [2.24, 2.45) is 0 Å². The van der Waals surface area contributed by atoms with Crippen LogP contribution in [0.4, 0.5) is 0 Å². The van der Waals surface area contributed by atoms with E-state index in [1.54, 1.807) is 7.05 Å². The molecule has 0 bridgehead atoms. The fraction of sp³-hybridized carbons (Fsp3) is 0.500. The highest BCUT2D eigenvalue weighted by atomic mass is 16.1. The van der Waals surface area contributed by atoms with E-state index in [2.05, 4.69) is 34.9 Å². The summed E-state index contributed by atoms with van der Waals surface area (Å²) in [6, 6.07) is 8.59. The number of carbonyl (C=O) groups is 1. The Bertz CT molecular complexity index is 390. The highest BCUT2D eigenvalue weighted by Crippen LogP contribution is 2.30. The number of amides is 1. The Morgan fingerprint density at radius 3 is 3.06 bits per heavy atom. The summed E-state index contributed by atoms with van der Waals surface area (Å²) in [6.07, 6.45) is 3.58. The van der Waals surface area contributed by atoms with Crippen LogP contribution in [0.1, 0.15) is 29.9 Å². The molecule has 0 heterocycles. The first-order valence-corrected chi connectivity index (χ1v) is 6.30. The van der Waals surface area contributed by atoms with Crippen molar-refractivity contribution in [3.05, 3.63) is 35.4 Å². The molecule has 92 valence electrons. The van der Waals surface area contributed by atoms with E-state index in [0.29, 0.717) is 12.5 Å².